The smallest absolute Gasteiger partial charge is 0.180 e. The number of aromatic amines is 1. The molecule has 0 radical (unpaired) electrons. The maximum atomic E-state index is 12.8. The molecule has 1 aliphatic heterocycles. The van der Waals surface area contributed by atoms with Gasteiger partial charge in [-0.15, -0.1) is 0 Å². The van der Waals surface area contributed by atoms with Gasteiger partial charge < -0.3 is 9.64 Å². The molecule has 2 heterocycles. The van der Waals surface area contributed by atoms with Crippen LogP contribution in [0.1, 0.15) is 23.3 Å². The minimum absolute atomic E-state index is 0.0423. The number of benzene rings is 2. The molecule has 2 aromatic carbocycles. The van der Waals surface area contributed by atoms with E-state index >= 15 is 0 Å². The van der Waals surface area contributed by atoms with Gasteiger partial charge in [-0.05, 0) is 48.6 Å². The molecule has 1 N–H and O–H groups in total. The largest absolute Gasteiger partial charge is 0.457 e. The fourth-order valence-corrected chi connectivity index (χ4v) is 4.25. The summed E-state index contributed by atoms with van der Waals surface area (Å²) in [6.45, 7) is 0.687. The Morgan fingerprint density at radius 1 is 1.21 bits per heavy atom. The first-order chi connectivity index (χ1) is 14.2. The van der Waals surface area contributed by atoms with Crippen LogP contribution in [-0.2, 0) is 0 Å². The van der Waals surface area contributed by atoms with Crippen molar-refractivity contribution in [3.8, 4) is 28.9 Å². The second kappa shape index (κ2) is 7.10. The van der Waals surface area contributed by atoms with Crippen LogP contribution in [0.25, 0.3) is 11.3 Å². The van der Waals surface area contributed by atoms with Gasteiger partial charge in [-0.25, -0.2) is 0 Å². The molecule has 2 fully saturated rings. The minimum Gasteiger partial charge on any atom is -0.457 e. The van der Waals surface area contributed by atoms with Crippen LogP contribution in [0, 0.1) is 23.3 Å². The van der Waals surface area contributed by atoms with Gasteiger partial charge in [0.25, 0.3) is 0 Å². The molecule has 6 nitrogen and oxygen atoms in total. The maximum absolute atomic E-state index is 12.8. The Balaban J connectivity index is 1.33. The van der Waals surface area contributed by atoms with Gasteiger partial charge in [0.15, 0.2) is 12.0 Å². The number of nitrogens with zero attached hydrogens (tertiary/aromatic N) is 3. The first-order valence-corrected chi connectivity index (χ1v) is 9.80. The highest BCUT2D eigenvalue weighted by atomic mass is 16.5. The lowest BCUT2D eigenvalue weighted by atomic mass is 9.97. The summed E-state index contributed by atoms with van der Waals surface area (Å²) in [5, 5.41) is 16.4. The molecule has 6 heteroatoms. The quantitative estimate of drug-likeness (QED) is 0.508. The Hall–Kier alpha value is -3.59. The molecule has 1 aromatic heterocycles. The Morgan fingerprint density at radius 2 is 2.00 bits per heavy atom. The number of hydrogen-bond acceptors (Lipinski definition) is 5. The molecule has 5 rings (SSSR count). The summed E-state index contributed by atoms with van der Waals surface area (Å²) < 4.78 is 6.01. The molecule has 0 spiro atoms. The molecule has 3 aromatic rings. The van der Waals surface area contributed by atoms with Crippen molar-refractivity contribution in [3.05, 3.63) is 66.4 Å². The third kappa shape index (κ3) is 3.36. The molecule has 0 amide bonds. The fourth-order valence-electron chi connectivity index (χ4n) is 4.25. The van der Waals surface area contributed by atoms with E-state index in [4.69, 9.17) is 10.00 Å². The number of para-hydroxylation sites is 2. The fraction of sp³-hybridized carbons (Fsp3) is 0.261. The Labute approximate surface area is 168 Å². The number of likely N-dealkylation sites (tertiary alicyclic amines) is 1. The van der Waals surface area contributed by atoms with Crippen molar-refractivity contribution in [1.82, 2.24) is 15.1 Å². The summed E-state index contributed by atoms with van der Waals surface area (Å²) in [6, 6.07) is 19.4. The Bertz CT molecular complexity index is 1090. The maximum Gasteiger partial charge on any atom is 0.180 e. The van der Waals surface area contributed by atoms with Crippen molar-refractivity contribution in [3.63, 3.8) is 0 Å². The number of carbonyl (C=O) groups is 1. The van der Waals surface area contributed by atoms with Crippen molar-refractivity contribution in [1.29, 1.82) is 5.26 Å². The number of nitriles is 1. The highest BCUT2D eigenvalue weighted by Crippen LogP contribution is 2.49. The third-order valence-corrected chi connectivity index (χ3v) is 5.83. The van der Waals surface area contributed by atoms with Crippen LogP contribution in [0.2, 0.25) is 0 Å². The second-order valence-corrected chi connectivity index (χ2v) is 7.68. The number of fused-ring (bicyclic) bond motifs is 1. The van der Waals surface area contributed by atoms with Crippen LogP contribution in [0.3, 0.4) is 0 Å². The zero-order valence-electron chi connectivity index (χ0n) is 15.8. The number of aromatic nitrogens is 2. The average molecular weight is 384 g/mol. The first kappa shape index (κ1) is 17.5. The van der Waals surface area contributed by atoms with E-state index in [0.29, 0.717) is 42.1 Å². The number of carbonyl (C=O) groups excluding carboxylic acids is 1. The number of Topliss-reactive ketones (excluding diaryl/α,β-unsaturated/α-hetero) is 1. The molecule has 0 unspecified atom stereocenters. The minimum atomic E-state index is 0.0423. The van der Waals surface area contributed by atoms with E-state index in [9.17, 15) is 4.79 Å². The molecule has 29 heavy (non-hydrogen) atoms. The predicted octanol–water partition coefficient (Wildman–Crippen LogP) is 4.24. The van der Waals surface area contributed by atoms with E-state index in [1.165, 1.54) is 0 Å². The van der Waals surface area contributed by atoms with Gasteiger partial charge in [0.05, 0.1) is 5.69 Å². The monoisotopic (exact) mass is 384 g/mol. The summed E-state index contributed by atoms with van der Waals surface area (Å²) in [7, 11) is 0. The van der Waals surface area contributed by atoms with Crippen molar-refractivity contribution in [2.24, 2.45) is 11.8 Å². The normalized spacial score (nSPS) is 22.0. The highest BCUT2D eigenvalue weighted by molar-refractivity contribution is 5.95. The molecule has 1 saturated heterocycles. The van der Waals surface area contributed by atoms with Crippen molar-refractivity contribution < 1.29 is 9.53 Å². The van der Waals surface area contributed by atoms with Gasteiger partial charge in [0, 0.05) is 24.6 Å². The second-order valence-electron chi connectivity index (χ2n) is 7.68. The molecule has 3 atom stereocenters. The average Bonchev–Trinajstić information content (AvgIpc) is 3.25. The molecular weight excluding hydrogens is 364 g/mol. The lowest BCUT2D eigenvalue weighted by Gasteiger charge is -2.13. The van der Waals surface area contributed by atoms with E-state index in [0.717, 1.165) is 17.7 Å². The van der Waals surface area contributed by atoms with Crippen molar-refractivity contribution in [2.75, 3.05) is 6.54 Å². The van der Waals surface area contributed by atoms with Crippen molar-refractivity contribution in [2.45, 2.75) is 18.9 Å². The molecule has 2 aliphatic rings. The van der Waals surface area contributed by atoms with E-state index in [2.05, 4.69) is 16.4 Å². The Morgan fingerprint density at radius 3 is 2.79 bits per heavy atom. The topological polar surface area (TPSA) is 82.0 Å². The molecule has 1 saturated carbocycles. The summed E-state index contributed by atoms with van der Waals surface area (Å²) in [5.74, 6) is 2.22. The highest BCUT2D eigenvalue weighted by Gasteiger charge is 2.53. The van der Waals surface area contributed by atoms with Crippen LogP contribution in [0.4, 0.5) is 0 Å². The van der Waals surface area contributed by atoms with Crippen LogP contribution < -0.4 is 4.74 Å². The van der Waals surface area contributed by atoms with Crippen molar-refractivity contribution >= 4 is 5.78 Å². The molecule has 1 aliphatic carbocycles. The SMILES string of the molecule is N#CN1C[C@@H](CC(=O)c2cc(-c3ccccc3Oc3ccccc3)n[nH]2)[C@@H]2C[C@@H]21. The molecule has 144 valence electrons. The van der Waals surface area contributed by atoms with Gasteiger partial charge in [-0.2, -0.15) is 10.4 Å². The predicted molar refractivity (Wildman–Crippen MR) is 107 cm³/mol. The summed E-state index contributed by atoms with van der Waals surface area (Å²) in [5.41, 5.74) is 2.00. The lowest BCUT2D eigenvalue weighted by Crippen LogP contribution is -2.21. The van der Waals surface area contributed by atoms with Crippen LogP contribution >= 0.6 is 0 Å². The number of rotatable bonds is 6. The first-order valence-electron chi connectivity index (χ1n) is 9.80. The number of hydrogen-bond donors (Lipinski definition) is 1. The summed E-state index contributed by atoms with van der Waals surface area (Å²) in [4.78, 5) is 14.6. The number of ketones is 1. The Kier molecular flexibility index (Phi) is 4.28. The number of nitrogens with one attached hydrogen (secondary N) is 1. The summed E-state index contributed by atoms with van der Waals surface area (Å²) >= 11 is 0. The number of piperidine rings is 1. The third-order valence-electron chi connectivity index (χ3n) is 5.83. The number of H-pyrrole nitrogens is 1. The zero-order valence-corrected chi connectivity index (χ0v) is 15.8. The van der Waals surface area contributed by atoms with Gasteiger partial charge in [-0.1, -0.05) is 30.3 Å². The van der Waals surface area contributed by atoms with Gasteiger partial charge in [-0.3, -0.25) is 9.89 Å². The molecular formula is C23H20N4O2. The van der Waals surface area contributed by atoms with Gasteiger partial charge in [0.2, 0.25) is 0 Å². The van der Waals surface area contributed by atoms with E-state index in [1.54, 1.807) is 6.07 Å². The molecule has 0 bridgehead atoms. The van der Waals surface area contributed by atoms with Crippen LogP contribution in [-0.4, -0.2) is 33.5 Å². The zero-order chi connectivity index (χ0) is 19.8. The van der Waals surface area contributed by atoms with Gasteiger partial charge in [0.1, 0.15) is 17.2 Å². The van der Waals surface area contributed by atoms with Crippen LogP contribution in [0.15, 0.2) is 60.7 Å². The van der Waals surface area contributed by atoms with Crippen LogP contribution in [0.5, 0.6) is 11.5 Å². The standard InChI is InChI=1S/C23H20N4O2/c24-14-27-13-15(18-11-21(18)27)10-22(28)20-12-19(25-26-20)17-8-4-5-9-23(17)29-16-6-2-1-3-7-16/h1-9,12,15,18,21H,10-11,13H2,(H,25,26)/t15-,18+,21+/m1/s1. The van der Waals surface area contributed by atoms with E-state index in [1.807, 2.05) is 59.5 Å². The lowest BCUT2D eigenvalue weighted by molar-refractivity contribution is 0.0952. The van der Waals surface area contributed by atoms with E-state index < -0.39 is 0 Å². The number of ether oxygens (including phenoxy) is 1. The van der Waals surface area contributed by atoms with Gasteiger partial charge >= 0.3 is 0 Å². The summed E-state index contributed by atoms with van der Waals surface area (Å²) in [6.07, 6.45) is 3.72. The van der Waals surface area contributed by atoms with E-state index in [-0.39, 0.29) is 11.7 Å².